The van der Waals surface area contributed by atoms with E-state index in [1.54, 1.807) is 0 Å². The molecule has 1 fully saturated rings. The fourth-order valence-corrected chi connectivity index (χ4v) is 3.20. The summed E-state index contributed by atoms with van der Waals surface area (Å²) in [6.07, 6.45) is -10.9. The van der Waals surface area contributed by atoms with E-state index in [0.717, 1.165) is 24.0 Å². The van der Waals surface area contributed by atoms with Gasteiger partial charge in [-0.25, -0.2) is 9.18 Å². The number of hydrogen-bond donors (Lipinski definition) is 0. The lowest BCUT2D eigenvalue weighted by atomic mass is 9.97. The van der Waals surface area contributed by atoms with Crippen molar-refractivity contribution in [3.05, 3.63) is 52.8 Å². The minimum absolute atomic E-state index is 0.0425. The van der Waals surface area contributed by atoms with Gasteiger partial charge in [-0.2, -0.15) is 26.3 Å². The molecular weight excluding hydrogens is 433 g/mol. The highest BCUT2D eigenvalue weighted by Gasteiger charge is 2.44. The standard InChI is InChI=1S/C20H17F7N2O2/c1-11-14(19(22,23)24)10-15(20(25,26)27)17(16(11)29-8-3-9-29)31-18(30)28(2)13-6-4-12(21)5-7-13/h4-7,10H,3,8-9H2,1-2H3. The number of ether oxygens (including phenoxy) is 1. The van der Waals surface area contributed by atoms with Gasteiger partial charge in [-0.15, -0.1) is 0 Å². The summed E-state index contributed by atoms with van der Waals surface area (Å²) < 4.78 is 99.5. The molecule has 2 aromatic rings. The first-order valence-corrected chi connectivity index (χ1v) is 9.08. The molecule has 1 aliphatic rings. The minimum Gasteiger partial charge on any atom is -0.407 e. The maximum absolute atomic E-state index is 13.7. The van der Waals surface area contributed by atoms with Gasteiger partial charge in [0.05, 0.1) is 11.3 Å². The van der Waals surface area contributed by atoms with Crippen LogP contribution < -0.4 is 14.5 Å². The highest BCUT2D eigenvalue weighted by molar-refractivity contribution is 5.90. The van der Waals surface area contributed by atoms with Gasteiger partial charge >= 0.3 is 18.4 Å². The van der Waals surface area contributed by atoms with E-state index < -0.39 is 52.4 Å². The van der Waals surface area contributed by atoms with Crippen LogP contribution >= 0.6 is 0 Å². The summed E-state index contributed by atoms with van der Waals surface area (Å²) in [7, 11) is 1.18. The smallest absolute Gasteiger partial charge is 0.407 e. The maximum atomic E-state index is 13.7. The van der Waals surface area contributed by atoms with Crippen LogP contribution in [-0.2, 0) is 12.4 Å². The predicted octanol–water partition coefficient (Wildman–Crippen LogP) is 6.02. The monoisotopic (exact) mass is 450 g/mol. The van der Waals surface area contributed by atoms with E-state index in [2.05, 4.69) is 0 Å². The molecule has 1 amide bonds. The summed E-state index contributed by atoms with van der Waals surface area (Å²) in [5.74, 6) is -1.58. The van der Waals surface area contributed by atoms with E-state index in [4.69, 9.17) is 4.74 Å². The summed E-state index contributed by atoms with van der Waals surface area (Å²) in [6.45, 7) is 1.48. The second kappa shape index (κ2) is 7.93. The molecule has 31 heavy (non-hydrogen) atoms. The van der Waals surface area contributed by atoms with E-state index in [9.17, 15) is 35.5 Å². The number of carbonyl (C=O) groups excluding carboxylic acids is 1. The van der Waals surface area contributed by atoms with Crippen molar-refractivity contribution >= 4 is 17.5 Å². The van der Waals surface area contributed by atoms with Crippen molar-refractivity contribution in [2.45, 2.75) is 25.7 Å². The molecule has 1 heterocycles. The highest BCUT2D eigenvalue weighted by Crippen LogP contribution is 2.49. The van der Waals surface area contributed by atoms with Crippen molar-refractivity contribution < 1.29 is 40.3 Å². The van der Waals surface area contributed by atoms with Crippen LogP contribution in [-0.4, -0.2) is 26.2 Å². The van der Waals surface area contributed by atoms with Crippen molar-refractivity contribution in [2.75, 3.05) is 29.9 Å². The SMILES string of the molecule is Cc1c(C(F)(F)F)cc(C(F)(F)F)c(OC(=O)N(C)c2ccc(F)cc2)c1N1CCC1. The molecule has 4 nitrogen and oxygen atoms in total. The highest BCUT2D eigenvalue weighted by atomic mass is 19.4. The van der Waals surface area contributed by atoms with Gasteiger partial charge < -0.3 is 9.64 Å². The Bertz CT molecular complexity index is 981. The first-order chi connectivity index (χ1) is 14.3. The summed E-state index contributed by atoms with van der Waals surface area (Å²) in [4.78, 5) is 14.7. The lowest BCUT2D eigenvalue weighted by Gasteiger charge is -2.37. The molecule has 0 atom stereocenters. The number of hydrogen-bond acceptors (Lipinski definition) is 3. The molecule has 0 N–H and O–H groups in total. The molecule has 0 unspecified atom stereocenters. The van der Waals surface area contributed by atoms with Crippen LogP contribution in [0.4, 0.5) is 46.9 Å². The van der Waals surface area contributed by atoms with Crippen molar-refractivity contribution in [3.8, 4) is 5.75 Å². The number of benzene rings is 2. The quantitative estimate of drug-likeness (QED) is 0.537. The molecule has 0 radical (unpaired) electrons. The van der Waals surface area contributed by atoms with Crippen molar-refractivity contribution in [2.24, 2.45) is 0 Å². The van der Waals surface area contributed by atoms with Gasteiger partial charge in [0.15, 0.2) is 5.75 Å². The van der Waals surface area contributed by atoms with Crippen LogP contribution in [0.2, 0.25) is 0 Å². The summed E-state index contributed by atoms with van der Waals surface area (Å²) >= 11 is 0. The Kier molecular flexibility index (Phi) is 5.81. The van der Waals surface area contributed by atoms with Crippen molar-refractivity contribution in [1.29, 1.82) is 0 Å². The molecule has 3 rings (SSSR count). The Morgan fingerprint density at radius 3 is 2.00 bits per heavy atom. The molecule has 0 bridgehead atoms. The molecule has 168 valence electrons. The van der Waals surface area contributed by atoms with Gasteiger partial charge in [-0.05, 0) is 49.2 Å². The Labute approximate surface area is 172 Å². The second-order valence-electron chi connectivity index (χ2n) is 7.01. The van der Waals surface area contributed by atoms with Gasteiger partial charge in [0.2, 0.25) is 0 Å². The normalized spacial score (nSPS) is 14.3. The van der Waals surface area contributed by atoms with Crippen LogP contribution in [0.1, 0.15) is 23.1 Å². The average molecular weight is 450 g/mol. The fourth-order valence-electron chi connectivity index (χ4n) is 3.20. The average Bonchev–Trinajstić information content (AvgIpc) is 2.60. The summed E-state index contributed by atoms with van der Waals surface area (Å²) in [5.41, 5.74) is -3.92. The van der Waals surface area contributed by atoms with Crippen LogP contribution in [0.3, 0.4) is 0 Å². The molecule has 0 aliphatic carbocycles. The van der Waals surface area contributed by atoms with E-state index in [0.29, 0.717) is 6.42 Å². The lowest BCUT2D eigenvalue weighted by molar-refractivity contribution is -0.143. The summed E-state index contributed by atoms with van der Waals surface area (Å²) in [5, 5.41) is 0. The first kappa shape index (κ1) is 22.7. The molecule has 0 spiro atoms. The van der Waals surface area contributed by atoms with Crippen molar-refractivity contribution in [3.63, 3.8) is 0 Å². The Balaban J connectivity index is 2.12. The van der Waals surface area contributed by atoms with Crippen molar-refractivity contribution in [1.82, 2.24) is 0 Å². The number of rotatable bonds is 3. The Morgan fingerprint density at radius 1 is 1.00 bits per heavy atom. The van der Waals surface area contributed by atoms with Gasteiger partial charge in [-0.1, -0.05) is 0 Å². The number of carbonyl (C=O) groups is 1. The molecule has 0 aromatic heterocycles. The first-order valence-electron chi connectivity index (χ1n) is 9.08. The van der Waals surface area contributed by atoms with E-state index in [1.807, 2.05) is 0 Å². The van der Waals surface area contributed by atoms with Crippen LogP contribution in [0.15, 0.2) is 30.3 Å². The number of halogens is 7. The van der Waals surface area contributed by atoms with Gasteiger partial charge in [0.25, 0.3) is 0 Å². The van der Waals surface area contributed by atoms with Gasteiger partial charge in [0.1, 0.15) is 11.4 Å². The van der Waals surface area contributed by atoms with Gasteiger partial charge in [-0.3, -0.25) is 4.90 Å². The number of anilines is 2. The molecule has 11 heteroatoms. The van der Waals surface area contributed by atoms with Crippen LogP contribution in [0.25, 0.3) is 0 Å². The Morgan fingerprint density at radius 2 is 1.55 bits per heavy atom. The van der Waals surface area contributed by atoms with E-state index in [-0.39, 0.29) is 24.8 Å². The fraction of sp³-hybridized carbons (Fsp3) is 0.350. The van der Waals surface area contributed by atoms with Crippen LogP contribution in [0.5, 0.6) is 5.75 Å². The maximum Gasteiger partial charge on any atom is 0.420 e. The van der Waals surface area contributed by atoms with E-state index >= 15 is 0 Å². The molecule has 1 saturated heterocycles. The molecular formula is C20H17F7N2O2. The number of alkyl halides is 6. The molecule has 2 aromatic carbocycles. The third-order valence-corrected chi connectivity index (χ3v) is 4.97. The molecule has 1 aliphatic heterocycles. The third-order valence-electron chi connectivity index (χ3n) is 4.97. The third kappa shape index (κ3) is 4.54. The number of nitrogens with zero attached hydrogens (tertiary/aromatic N) is 2. The minimum atomic E-state index is -5.21. The zero-order valence-electron chi connectivity index (χ0n) is 16.4. The topological polar surface area (TPSA) is 32.8 Å². The summed E-state index contributed by atoms with van der Waals surface area (Å²) in [6, 6.07) is 4.44. The lowest BCUT2D eigenvalue weighted by Crippen LogP contribution is -2.39. The van der Waals surface area contributed by atoms with Gasteiger partial charge in [0, 0.05) is 25.8 Å². The molecule has 0 saturated carbocycles. The van der Waals surface area contributed by atoms with Crippen LogP contribution in [0, 0.1) is 12.7 Å². The van der Waals surface area contributed by atoms with E-state index in [1.165, 1.54) is 24.1 Å². The Hall–Kier alpha value is -2.98. The zero-order chi connectivity index (χ0) is 23.1. The predicted molar refractivity (Wildman–Crippen MR) is 98.8 cm³/mol. The zero-order valence-corrected chi connectivity index (χ0v) is 16.4. The second-order valence-corrected chi connectivity index (χ2v) is 7.01. The largest absolute Gasteiger partial charge is 0.420 e. The number of amides is 1.